The summed E-state index contributed by atoms with van der Waals surface area (Å²) in [6.07, 6.45) is -11.8. The Labute approximate surface area is 158 Å². The molecule has 12 heteroatoms. The summed E-state index contributed by atoms with van der Waals surface area (Å²) in [6, 6.07) is 0. The molecule has 5 fully saturated rings. The summed E-state index contributed by atoms with van der Waals surface area (Å²) in [5.41, 5.74) is -3.76. The maximum atomic E-state index is 11.0. The third-order valence-electron chi connectivity index (χ3n) is 6.01. The zero-order valence-corrected chi connectivity index (χ0v) is 14.8. The van der Waals surface area contributed by atoms with Crippen molar-refractivity contribution < 1.29 is 54.7 Å². The molecule has 4 bridgehead atoms. The number of aliphatic hydroxyl groups is 7. The van der Waals surface area contributed by atoms with Gasteiger partial charge in [0, 0.05) is 6.42 Å². The van der Waals surface area contributed by atoms with Crippen LogP contribution >= 0.6 is 11.6 Å². The van der Waals surface area contributed by atoms with E-state index in [1.165, 1.54) is 0 Å². The molecule has 0 aromatic rings. The minimum atomic E-state index is -1.89. The molecule has 0 aromatic carbocycles. The zero-order chi connectivity index (χ0) is 19.7. The summed E-state index contributed by atoms with van der Waals surface area (Å²) in [4.78, 5) is 0. The van der Waals surface area contributed by atoms with Gasteiger partial charge in [0.1, 0.15) is 41.7 Å². The lowest BCUT2D eigenvalue weighted by Crippen LogP contribution is -2.63. The van der Waals surface area contributed by atoms with E-state index in [-0.39, 0.29) is 13.0 Å². The third kappa shape index (κ3) is 2.77. The van der Waals surface area contributed by atoms with E-state index in [9.17, 15) is 35.7 Å². The Morgan fingerprint density at radius 2 is 1.67 bits per heavy atom. The molecule has 0 aromatic heterocycles. The van der Waals surface area contributed by atoms with Crippen molar-refractivity contribution >= 4 is 11.6 Å². The van der Waals surface area contributed by atoms with Crippen LogP contribution in [0.5, 0.6) is 0 Å². The van der Waals surface area contributed by atoms with Gasteiger partial charge >= 0.3 is 0 Å². The first-order valence-corrected chi connectivity index (χ1v) is 9.07. The second-order valence-electron chi connectivity index (χ2n) is 7.59. The van der Waals surface area contributed by atoms with E-state index >= 15 is 0 Å². The van der Waals surface area contributed by atoms with Crippen molar-refractivity contribution in [2.45, 2.75) is 72.4 Å². The summed E-state index contributed by atoms with van der Waals surface area (Å²) >= 11 is 6.15. The highest BCUT2D eigenvalue weighted by Gasteiger charge is 2.74. The number of halogens is 1. The van der Waals surface area contributed by atoms with Crippen LogP contribution in [0.3, 0.4) is 0 Å². The van der Waals surface area contributed by atoms with Gasteiger partial charge < -0.3 is 54.7 Å². The maximum Gasteiger partial charge on any atom is 0.189 e. The smallest absolute Gasteiger partial charge is 0.189 e. The molecule has 0 radical (unpaired) electrons. The van der Waals surface area contributed by atoms with E-state index in [0.29, 0.717) is 0 Å². The number of rotatable bonds is 3. The highest BCUT2D eigenvalue weighted by atomic mass is 35.5. The van der Waals surface area contributed by atoms with E-state index in [2.05, 4.69) is 0 Å². The number of hydrogen-bond acceptors (Lipinski definition) is 11. The Morgan fingerprint density at radius 3 is 2.33 bits per heavy atom. The lowest BCUT2D eigenvalue weighted by atomic mass is 9.79. The minimum absolute atomic E-state index is 0.154. The second kappa shape index (κ2) is 6.69. The van der Waals surface area contributed by atoms with Crippen molar-refractivity contribution in [3.05, 3.63) is 0 Å². The molecule has 12 atom stereocenters. The van der Waals surface area contributed by atoms with Crippen LogP contribution in [0.15, 0.2) is 0 Å². The summed E-state index contributed by atoms with van der Waals surface area (Å²) in [6.45, 7) is -0.966. The summed E-state index contributed by atoms with van der Waals surface area (Å²) in [7, 11) is 0. The largest absolute Gasteiger partial charge is 0.394 e. The van der Waals surface area contributed by atoms with Gasteiger partial charge in [-0.25, -0.2) is 0 Å². The predicted molar refractivity (Wildman–Crippen MR) is 83.1 cm³/mol. The van der Waals surface area contributed by atoms with Crippen molar-refractivity contribution in [1.82, 2.24) is 0 Å². The molecule has 4 aliphatic heterocycles. The van der Waals surface area contributed by atoms with Gasteiger partial charge in [0.25, 0.3) is 0 Å². The minimum Gasteiger partial charge on any atom is -0.394 e. The average Bonchev–Trinajstić information content (AvgIpc) is 2.77. The van der Waals surface area contributed by atoms with Crippen molar-refractivity contribution in [2.75, 3.05) is 13.2 Å². The lowest BCUT2D eigenvalue weighted by Gasteiger charge is -2.46. The van der Waals surface area contributed by atoms with Crippen molar-refractivity contribution in [3.63, 3.8) is 0 Å². The monoisotopic (exact) mass is 414 g/mol. The summed E-state index contributed by atoms with van der Waals surface area (Å²) in [5.74, 6) is -1.24. The van der Waals surface area contributed by atoms with Gasteiger partial charge in [-0.15, -0.1) is 11.6 Å². The van der Waals surface area contributed by atoms with Gasteiger partial charge in [-0.3, -0.25) is 0 Å². The Morgan fingerprint density at radius 1 is 0.963 bits per heavy atom. The van der Waals surface area contributed by atoms with Crippen LogP contribution in [0.1, 0.15) is 6.42 Å². The number of hydrogen-bond donors (Lipinski definition) is 7. The molecule has 0 amide bonds. The Bertz CT molecular complexity index is 566. The molecule has 7 N–H and O–H groups in total. The molecule has 4 saturated heterocycles. The van der Waals surface area contributed by atoms with E-state index in [0.717, 1.165) is 0 Å². The fourth-order valence-corrected chi connectivity index (χ4v) is 4.91. The number of ether oxygens (including phenoxy) is 4. The van der Waals surface area contributed by atoms with Gasteiger partial charge in [0.2, 0.25) is 0 Å². The van der Waals surface area contributed by atoms with E-state index in [4.69, 9.17) is 30.5 Å². The molecule has 4 heterocycles. The van der Waals surface area contributed by atoms with Crippen LogP contribution < -0.4 is 0 Å². The summed E-state index contributed by atoms with van der Waals surface area (Å²) in [5, 5.41) is 70.2. The molecule has 156 valence electrons. The quantitative estimate of drug-likeness (QED) is 0.223. The highest BCUT2D eigenvalue weighted by molar-refractivity contribution is 6.22. The molecule has 5 aliphatic rings. The molecule has 0 unspecified atom stereocenters. The first-order valence-electron chi connectivity index (χ1n) is 8.63. The SMILES string of the molecule is OC[C@H]1O[C@@H](O[C@@H]2O[C@@H]3C[C@]4(O)[C@H]2[C@](O)(CO3)[C@H](Cl)[C@H]4O)[C@H](O)[C@@H](O)[C@@H]1O. The molecule has 1 aliphatic carbocycles. The maximum absolute atomic E-state index is 11.0. The van der Waals surface area contributed by atoms with E-state index in [1.807, 2.05) is 0 Å². The van der Waals surface area contributed by atoms with Crippen LogP contribution in [-0.2, 0) is 18.9 Å². The highest BCUT2D eigenvalue weighted by Crippen LogP contribution is 2.56. The van der Waals surface area contributed by atoms with Gasteiger partial charge in [0.05, 0.1) is 24.5 Å². The topological polar surface area (TPSA) is 179 Å². The van der Waals surface area contributed by atoms with Crippen LogP contribution in [-0.4, -0.2) is 115 Å². The van der Waals surface area contributed by atoms with Gasteiger partial charge in [-0.05, 0) is 0 Å². The molecule has 1 saturated carbocycles. The third-order valence-corrected chi connectivity index (χ3v) is 6.63. The van der Waals surface area contributed by atoms with Gasteiger partial charge in [-0.1, -0.05) is 0 Å². The first kappa shape index (κ1) is 20.1. The molecule has 5 rings (SSSR count). The first-order chi connectivity index (χ1) is 12.6. The Balaban J connectivity index is 1.61. The number of fused-ring (bicyclic) bond motifs is 2. The summed E-state index contributed by atoms with van der Waals surface area (Å²) < 4.78 is 21.8. The molecule has 27 heavy (non-hydrogen) atoms. The van der Waals surface area contributed by atoms with Crippen LogP contribution in [0.25, 0.3) is 0 Å². The van der Waals surface area contributed by atoms with Gasteiger partial charge in [0.15, 0.2) is 18.9 Å². The standard InChI is InChI=1S/C15H23ClO11/c16-10-11(21)14(22)1-5-24-3-15(10,23)9(14)13(26-5)27-12-8(20)7(19)6(18)4(2-17)25-12/h4-13,17-23H,1-3H2/t4-,5-,6-,7+,8-,9+,10-,11-,12+,13+,14+,15-/m1/s1. The van der Waals surface area contributed by atoms with Crippen LogP contribution in [0, 0.1) is 5.92 Å². The normalized spacial score (nSPS) is 60.4. The number of aliphatic hydroxyl groups excluding tert-OH is 5. The van der Waals surface area contributed by atoms with E-state index in [1.54, 1.807) is 0 Å². The van der Waals surface area contributed by atoms with Crippen LogP contribution in [0.2, 0.25) is 0 Å². The van der Waals surface area contributed by atoms with Crippen LogP contribution in [0.4, 0.5) is 0 Å². The molecule has 0 spiro atoms. The predicted octanol–water partition coefficient (Wildman–Crippen LogP) is -4.03. The zero-order valence-electron chi connectivity index (χ0n) is 14.0. The molecular formula is C15H23ClO11. The average molecular weight is 415 g/mol. The Hall–Kier alpha value is -0.150. The van der Waals surface area contributed by atoms with E-state index < -0.39 is 78.5 Å². The lowest BCUT2D eigenvalue weighted by molar-refractivity contribution is -0.383. The fourth-order valence-electron chi connectivity index (χ4n) is 4.49. The van der Waals surface area contributed by atoms with Gasteiger partial charge in [-0.2, -0.15) is 0 Å². The fraction of sp³-hybridized carbons (Fsp3) is 1.00. The van der Waals surface area contributed by atoms with Crippen molar-refractivity contribution in [1.29, 1.82) is 0 Å². The Kier molecular flexibility index (Phi) is 4.99. The number of alkyl halides is 1. The molecular weight excluding hydrogens is 392 g/mol. The van der Waals surface area contributed by atoms with Crippen molar-refractivity contribution in [3.8, 4) is 0 Å². The van der Waals surface area contributed by atoms with Crippen molar-refractivity contribution in [2.24, 2.45) is 5.92 Å². The molecule has 11 nitrogen and oxygen atoms in total. The second-order valence-corrected chi connectivity index (χ2v) is 8.06.